The van der Waals surface area contributed by atoms with E-state index in [0.29, 0.717) is 27.8 Å². The van der Waals surface area contributed by atoms with Gasteiger partial charge >= 0.3 is 0 Å². The molecule has 0 saturated carbocycles. The second-order valence-corrected chi connectivity index (χ2v) is 12.6. The predicted octanol–water partition coefficient (Wildman–Crippen LogP) is 10.7. The lowest BCUT2D eigenvalue weighted by Crippen LogP contribution is -2.03. The molecular weight excluding hydrogens is 615 g/mol. The maximum atomic E-state index is 14.1. The Morgan fingerprint density at radius 1 is 0.460 bits per heavy atom. The minimum Gasteiger partial charge on any atom is -0.805 e. The molecule has 6 nitrogen and oxygen atoms in total. The first-order valence-electron chi connectivity index (χ1n) is 16.4. The zero-order chi connectivity index (χ0) is 33.5. The minimum absolute atomic E-state index is 0.455. The molecule has 0 N–H and O–H groups in total. The van der Waals surface area contributed by atoms with Gasteiger partial charge in [-0.1, -0.05) is 97.1 Å². The van der Waals surface area contributed by atoms with Crippen LogP contribution >= 0.6 is 0 Å². The van der Waals surface area contributed by atoms with Crippen molar-refractivity contribution < 1.29 is 0 Å². The van der Waals surface area contributed by atoms with Gasteiger partial charge in [0.05, 0.1) is 50.5 Å². The van der Waals surface area contributed by atoms with Crippen molar-refractivity contribution in [3.8, 4) is 34.6 Å². The number of nitriles is 2. The summed E-state index contributed by atoms with van der Waals surface area (Å²) in [6.45, 7) is 0. The predicted molar refractivity (Wildman–Crippen MR) is 202 cm³/mol. The van der Waals surface area contributed by atoms with Crippen LogP contribution in [0.1, 0.15) is 11.1 Å². The Morgan fingerprint density at radius 2 is 1.00 bits per heavy atom. The summed E-state index contributed by atoms with van der Waals surface area (Å²) in [7, 11) is 0. The van der Waals surface area contributed by atoms with Crippen molar-refractivity contribution in [3.05, 3.63) is 162 Å². The molecular formula is C44H24N5O-. The fourth-order valence-corrected chi connectivity index (χ4v) is 7.96. The largest absolute Gasteiger partial charge is 0.805 e. The molecule has 6 heteroatoms. The zero-order valence-electron chi connectivity index (χ0n) is 26.5. The van der Waals surface area contributed by atoms with E-state index in [4.69, 9.17) is 0 Å². The highest BCUT2D eigenvalue weighted by Crippen LogP contribution is 2.43. The van der Waals surface area contributed by atoms with Gasteiger partial charge in [-0.05, 0) is 54.1 Å². The van der Waals surface area contributed by atoms with Gasteiger partial charge in [-0.15, -0.1) is 0 Å². The smallest absolute Gasteiger partial charge is 0.101 e. The van der Waals surface area contributed by atoms with E-state index in [1.165, 1.54) is 0 Å². The monoisotopic (exact) mass is 638 g/mol. The average molecular weight is 639 g/mol. The van der Waals surface area contributed by atoms with E-state index >= 15 is 0 Å². The van der Waals surface area contributed by atoms with Gasteiger partial charge in [-0.3, -0.25) is 0 Å². The van der Waals surface area contributed by atoms with Gasteiger partial charge in [0.25, 0.3) is 0 Å². The molecule has 10 aromatic rings. The van der Waals surface area contributed by atoms with E-state index in [1.807, 2.05) is 103 Å². The third-order valence-corrected chi connectivity index (χ3v) is 10.0. The number of hydrogen-bond donors (Lipinski definition) is 0. The summed E-state index contributed by atoms with van der Waals surface area (Å²) in [5.74, 6) is 0. The zero-order valence-corrected chi connectivity index (χ0v) is 26.5. The van der Waals surface area contributed by atoms with Crippen LogP contribution < -0.4 is 0 Å². The first-order valence-corrected chi connectivity index (χ1v) is 16.4. The Bertz CT molecular complexity index is 3090. The maximum absolute atomic E-state index is 14.1. The van der Waals surface area contributed by atoms with Gasteiger partial charge in [0.15, 0.2) is 0 Å². The summed E-state index contributed by atoms with van der Waals surface area (Å²) >= 11 is 0. The molecule has 50 heavy (non-hydrogen) atoms. The summed E-state index contributed by atoms with van der Waals surface area (Å²) in [4.78, 5) is 0. The molecule has 0 fully saturated rings. The van der Waals surface area contributed by atoms with Crippen molar-refractivity contribution in [2.45, 2.75) is 0 Å². The van der Waals surface area contributed by atoms with Crippen molar-refractivity contribution in [2.75, 3.05) is 0 Å². The Morgan fingerprint density at radius 3 is 1.62 bits per heavy atom. The molecule has 3 heterocycles. The van der Waals surface area contributed by atoms with Gasteiger partial charge in [0, 0.05) is 49.1 Å². The number of aromatic nitrogens is 3. The number of hydrogen-bond acceptors (Lipinski definition) is 3. The minimum atomic E-state index is 0.455. The van der Waals surface area contributed by atoms with Crippen molar-refractivity contribution in [2.24, 2.45) is 0 Å². The van der Waals surface area contributed by atoms with Crippen molar-refractivity contribution in [1.82, 2.24) is 13.9 Å². The number of benzene rings is 7. The second kappa shape index (κ2) is 10.4. The lowest BCUT2D eigenvalue weighted by Gasteiger charge is -2.19. The van der Waals surface area contributed by atoms with E-state index < -0.39 is 0 Å². The molecule has 0 unspecified atom stereocenters. The molecule has 0 atom stereocenters. The number of rotatable bonds is 3. The standard InChI is InChI=1S/C44H24N5O/c45-25-27-22-29(24-30(23-27)47-38-16-5-1-11-32(38)33-12-2-6-17-39(33)47)31-15-9-10-28(26-46)42(31)48-40-18-7-3-13-34(40)36-20-21-37-35-14-4-8-19-41(35)49(50)44(37)43(36)48/h1-24H/q-1. The van der Waals surface area contributed by atoms with Crippen molar-refractivity contribution in [1.29, 1.82) is 10.5 Å². The summed E-state index contributed by atoms with van der Waals surface area (Å²) in [5, 5.41) is 41.1. The lowest BCUT2D eigenvalue weighted by molar-refractivity contribution is 1.15. The van der Waals surface area contributed by atoms with Crippen LogP contribution in [0, 0.1) is 27.9 Å². The molecule has 232 valence electrons. The molecule has 0 amide bonds. The van der Waals surface area contributed by atoms with Crippen LogP contribution in [0.25, 0.3) is 87.9 Å². The fraction of sp³-hybridized carbons (Fsp3) is 0. The highest BCUT2D eigenvalue weighted by molar-refractivity contribution is 6.23. The van der Waals surface area contributed by atoms with E-state index in [-0.39, 0.29) is 0 Å². The van der Waals surface area contributed by atoms with Gasteiger partial charge < -0.3 is 19.1 Å². The highest BCUT2D eigenvalue weighted by Gasteiger charge is 2.23. The fourth-order valence-electron chi connectivity index (χ4n) is 7.96. The Kier molecular flexibility index (Phi) is 5.76. The van der Waals surface area contributed by atoms with Gasteiger partial charge in [0.2, 0.25) is 0 Å². The van der Waals surface area contributed by atoms with Crippen molar-refractivity contribution in [3.63, 3.8) is 0 Å². The quantitative estimate of drug-likeness (QED) is 0.193. The molecule has 0 saturated heterocycles. The van der Waals surface area contributed by atoms with Crippen LogP contribution in [0.5, 0.6) is 0 Å². The van der Waals surface area contributed by atoms with E-state index in [2.05, 4.69) is 63.7 Å². The third-order valence-electron chi connectivity index (χ3n) is 10.0. The summed E-state index contributed by atoms with van der Waals surface area (Å²) in [5.41, 5.74) is 8.84. The second-order valence-electron chi connectivity index (χ2n) is 12.6. The number of para-hydroxylation sites is 5. The molecule has 0 spiro atoms. The van der Waals surface area contributed by atoms with Crippen LogP contribution in [0.4, 0.5) is 0 Å². The van der Waals surface area contributed by atoms with Gasteiger partial charge in [-0.25, -0.2) is 0 Å². The molecule has 3 aromatic heterocycles. The summed E-state index contributed by atoms with van der Waals surface area (Å²) in [6, 6.07) is 52.8. The van der Waals surface area contributed by atoms with E-state index in [1.54, 1.807) is 0 Å². The molecule has 0 radical (unpaired) electrons. The van der Waals surface area contributed by atoms with Crippen LogP contribution in [-0.2, 0) is 0 Å². The van der Waals surface area contributed by atoms with Gasteiger partial charge in [-0.2, -0.15) is 10.5 Å². The Labute approximate surface area is 285 Å². The molecule has 0 bridgehead atoms. The first kappa shape index (κ1) is 27.8. The van der Waals surface area contributed by atoms with E-state index in [0.717, 1.165) is 75.9 Å². The van der Waals surface area contributed by atoms with Crippen LogP contribution in [0.15, 0.2) is 146 Å². The van der Waals surface area contributed by atoms with Crippen molar-refractivity contribution >= 4 is 65.4 Å². The van der Waals surface area contributed by atoms with Crippen LogP contribution in [-0.4, -0.2) is 13.9 Å². The first-order chi connectivity index (χ1) is 24.7. The Balaban J connectivity index is 1.34. The molecule has 10 rings (SSSR count). The number of nitrogens with zero attached hydrogens (tertiary/aromatic N) is 5. The topological polar surface area (TPSA) is 85.4 Å². The summed E-state index contributed by atoms with van der Waals surface area (Å²) in [6.07, 6.45) is 0. The maximum Gasteiger partial charge on any atom is 0.101 e. The average Bonchev–Trinajstić information content (AvgIpc) is 3.79. The molecule has 0 aliphatic heterocycles. The highest BCUT2D eigenvalue weighted by atomic mass is 16.5. The number of fused-ring (bicyclic) bond motifs is 10. The van der Waals surface area contributed by atoms with Gasteiger partial charge in [0.1, 0.15) is 6.07 Å². The SMILES string of the molecule is N#Cc1cc(-c2cccc(C#N)c2-n2c3ccccc3c3ccc4c5ccccc5n([O-])c4c32)cc(-n2c3ccccc3c3ccccc32)c1. The normalized spacial score (nSPS) is 11.6. The van der Waals surface area contributed by atoms with Crippen LogP contribution in [0.2, 0.25) is 0 Å². The lowest BCUT2D eigenvalue weighted by atomic mass is 9.97. The van der Waals surface area contributed by atoms with Crippen LogP contribution in [0.3, 0.4) is 0 Å². The molecule has 0 aliphatic rings. The molecule has 7 aromatic carbocycles. The summed E-state index contributed by atoms with van der Waals surface area (Å²) < 4.78 is 5.30. The molecule has 0 aliphatic carbocycles. The van der Waals surface area contributed by atoms with E-state index in [9.17, 15) is 15.7 Å². The third kappa shape index (κ3) is 3.70. The Hall–Kier alpha value is -7.28.